The van der Waals surface area contributed by atoms with E-state index in [0.29, 0.717) is 30.6 Å². The molecule has 304 valence electrons. The third-order valence-electron chi connectivity index (χ3n) is 12.8. The number of carbonyl (C=O) groups excluding carboxylic acids is 3. The van der Waals surface area contributed by atoms with Crippen LogP contribution in [-0.4, -0.2) is 60.8 Å². The molecule has 55 heavy (non-hydrogen) atoms. The molecule has 9 nitrogen and oxygen atoms in total. The molecule has 1 aromatic rings. The largest absolute Gasteiger partial charge is 0.497 e. The van der Waals surface area contributed by atoms with Crippen LogP contribution in [0.5, 0.6) is 5.75 Å². The Labute approximate surface area is 329 Å². The first kappa shape index (κ1) is 42.9. The van der Waals surface area contributed by atoms with E-state index in [1.54, 1.807) is 26.2 Å². The summed E-state index contributed by atoms with van der Waals surface area (Å²) < 4.78 is 30.6. The fraction of sp³-hybridized carbons (Fsp3) is 0.674. The summed E-state index contributed by atoms with van der Waals surface area (Å²) in [6.45, 7) is 10.2. The number of aldehydes is 1. The summed E-state index contributed by atoms with van der Waals surface area (Å²) in [6.07, 6.45) is 22.9. The van der Waals surface area contributed by atoms with Gasteiger partial charge in [-0.15, -0.1) is 0 Å². The summed E-state index contributed by atoms with van der Waals surface area (Å²) in [6, 6.07) is 7.33. The van der Waals surface area contributed by atoms with E-state index >= 15 is 0 Å². The van der Waals surface area contributed by atoms with Crippen molar-refractivity contribution in [1.82, 2.24) is 0 Å². The molecule has 1 N–H and O–H groups in total. The van der Waals surface area contributed by atoms with E-state index < -0.39 is 59.5 Å². The predicted molar refractivity (Wildman–Crippen MR) is 213 cm³/mol. The molecule has 9 heteroatoms. The van der Waals surface area contributed by atoms with Gasteiger partial charge in [0.1, 0.15) is 24.2 Å². The number of hydrogen-bond acceptors (Lipinski definition) is 9. The second-order valence-electron chi connectivity index (χ2n) is 17.3. The number of hydrogen-bond donors (Lipinski definition) is 1. The molecule has 4 aliphatic rings. The van der Waals surface area contributed by atoms with Crippen LogP contribution in [0.2, 0.25) is 0 Å². The minimum Gasteiger partial charge on any atom is -0.497 e. The fourth-order valence-corrected chi connectivity index (χ4v) is 10.0. The first-order chi connectivity index (χ1) is 26.4. The average Bonchev–Trinajstić information content (AvgIpc) is 3.59. The lowest BCUT2D eigenvalue weighted by molar-refractivity contribution is -0.249. The lowest BCUT2D eigenvalue weighted by Crippen LogP contribution is -2.63. The number of allylic oxidation sites excluding steroid dienone is 2. The molecule has 0 aromatic heterocycles. The van der Waals surface area contributed by atoms with Crippen LogP contribution in [0.3, 0.4) is 0 Å². The topological polar surface area (TPSA) is 118 Å². The number of aliphatic hydroxyl groups is 1. The molecular weight excluding hydrogens is 696 g/mol. The molecular formula is C46H66O9. The third kappa shape index (κ3) is 10.0. The molecule has 2 aliphatic carbocycles. The minimum atomic E-state index is -1.32. The number of ether oxygens (including phenoxy) is 5. The molecule has 5 rings (SSSR count). The quantitative estimate of drug-likeness (QED) is 0.0456. The van der Waals surface area contributed by atoms with Gasteiger partial charge in [0, 0.05) is 30.3 Å². The number of unbranched alkanes of at least 4 members (excludes halogenated alkanes) is 10. The fourth-order valence-electron chi connectivity index (χ4n) is 10.0. The van der Waals surface area contributed by atoms with E-state index in [-0.39, 0.29) is 11.4 Å². The van der Waals surface area contributed by atoms with Gasteiger partial charge in [-0.05, 0) is 85.8 Å². The van der Waals surface area contributed by atoms with Crippen LogP contribution in [0, 0.1) is 28.6 Å². The Balaban J connectivity index is 1.23. The summed E-state index contributed by atoms with van der Waals surface area (Å²) in [5, 5.41) is 11.6. The standard InChI is InChI=1S/C46H66O9/c1-7-8-9-10-11-12-13-14-15-16-17-18-19-20-21-35-41-46(5,54-42(35)50)55-43(53-41)39-33(31-47)30-36(48)40-44(2,3)29-28-37(45(39,40)4)52-38(49)27-24-32-22-25-34(51-6)26-23-32/h14-15,22-27,30-31,35-37,39-41,43,48H,7-13,16-21,28-29H2,1-6H3/b15-14-,27-24+/t35-,36-,37+,39-,40-,41+,43-,45+,46+/m0/s1. The van der Waals surface area contributed by atoms with Gasteiger partial charge in [0.25, 0.3) is 0 Å². The Morgan fingerprint density at radius 3 is 2.25 bits per heavy atom. The van der Waals surface area contributed by atoms with Gasteiger partial charge in [0.2, 0.25) is 5.79 Å². The predicted octanol–water partition coefficient (Wildman–Crippen LogP) is 9.46. The van der Waals surface area contributed by atoms with Gasteiger partial charge in [-0.25, -0.2) is 4.79 Å². The van der Waals surface area contributed by atoms with Gasteiger partial charge < -0.3 is 28.8 Å². The van der Waals surface area contributed by atoms with E-state index in [9.17, 15) is 19.5 Å². The third-order valence-corrected chi connectivity index (χ3v) is 12.8. The summed E-state index contributed by atoms with van der Waals surface area (Å²) in [4.78, 5) is 39.4. The first-order valence-electron chi connectivity index (χ1n) is 21.0. The summed E-state index contributed by atoms with van der Waals surface area (Å²) in [5.74, 6) is -3.04. The second-order valence-corrected chi connectivity index (χ2v) is 17.3. The minimum absolute atomic E-state index is 0.327. The van der Waals surface area contributed by atoms with Gasteiger partial charge >= 0.3 is 11.9 Å². The van der Waals surface area contributed by atoms with Crippen molar-refractivity contribution < 1.29 is 43.2 Å². The van der Waals surface area contributed by atoms with E-state index in [2.05, 4.69) is 32.9 Å². The van der Waals surface area contributed by atoms with Crippen LogP contribution in [0.15, 0.2) is 54.1 Å². The van der Waals surface area contributed by atoms with Gasteiger partial charge in [0.15, 0.2) is 6.29 Å². The highest BCUT2D eigenvalue weighted by Gasteiger charge is 2.68. The normalized spacial score (nSPS) is 32.6. The molecule has 9 atom stereocenters. The first-order valence-corrected chi connectivity index (χ1v) is 21.0. The number of carbonyl (C=O) groups is 3. The van der Waals surface area contributed by atoms with Gasteiger partial charge in [-0.1, -0.05) is 103 Å². The second kappa shape index (κ2) is 19.3. The molecule has 2 heterocycles. The van der Waals surface area contributed by atoms with Crippen LogP contribution in [0.25, 0.3) is 6.08 Å². The Hall–Kier alpha value is -3.27. The van der Waals surface area contributed by atoms with E-state index in [4.69, 9.17) is 23.7 Å². The van der Waals surface area contributed by atoms with Crippen molar-refractivity contribution in [1.29, 1.82) is 0 Å². The number of fused-ring (bicyclic) bond motifs is 2. The van der Waals surface area contributed by atoms with E-state index in [1.807, 2.05) is 31.2 Å². The van der Waals surface area contributed by atoms with Crippen LogP contribution in [0.4, 0.5) is 0 Å². The van der Waals surface area contributed by atoms with Gasteiger partial charge in [0.05, 0.1) is 19.1 Å². The zero-order valence-corrected chi connectivity index (χ0v) is 34.1. The maximum Gasteiger partial charge on any atom is 0.331 e. The van der Waals surface area contributed by atoms with E-state index in [1.165, 1.54) is 44.6 Å². The monoisotopic (exact) mass is 762 g/mol. The van der Waals surface area contributed by atoms with Crippen LogP contribution >= 0.6 is 0 Å². The maximum atomic E-state index is 13.4. The zero-order chi connectivity index (χ0) is 39.6. The van der Waals surface area contributed by atoms with Crippen molar-refractivity contribution in [2.24, 2.45) is 28.6 Å². The Morgan fingerprint density at radius 1 is 0.945 bits per heavy atom. The smallest absolute Gasteiger partial charge is 0.331 e. The highest BCUT2D eigenvalue weighted by Crippen LogP contribution is 2.63. The number of rotatable bonds is 20. The van der Waals surface area contributed by atoms with Crippen molar-refractivity contribution in [2.45, 2.75) is 161 Å². The molecule has 0 spiro atoms. The maximum absolute atomic E-state index is 13.4. The highest BCUT2D eigenvalue weighted by atomic mass is 16.8. The van der Waals surface area contributed by atoms with Crippen LogP contribution in [0.1, 0.15) is 136 Å². The number of aliphatic hydroxyl groups excluding tert-OH is 1. The average molecular weight is 763 g/mol. The molecule has 0 amide bonds. The Bertz CT molecular complexity index is 1530. The number of methoxy groups -OCH3 is 1. The van der Waals surface area contributed by atoms with Crippen molar-refractivity contribution in [3.05, 3.63) is 59.7 Å². The van der Waals surface area contributed by atoms with Crippen LogP contribution in [-0.2, 0) is 33.3 Å². The lowest BCUT2D eigenvalue weighted by Gasteiger charge is -2.60. The summed E-state index contributed by atoms with van der Waals surface area (Å²) in [5.41, 5.74) is -0.184. The molecule has 0 radical (unpaired) electrons. The van der Waals surface area contributed by atoms with Crippen molar-refractivity contribution in [3.63, 3.8) is 0 Å². The molecule has 0 bridgehead atoms. The SMILES string of the molecule is CCCCCCCC/C=C\CCCCCC[C@@H]1C(=O)O[C@]2(C)O[C@@H]([C@@H]3C(C=O)=C[C@H](O)[C@H]4C(C)(C)CC[C@@H](OC(=O)/C=C/c5ccc(OC)cc5)[C@]34C)O[C@H]12. The Morgan fingerprint density at radius 2 is 1.60 bits per heavy atom. The van der Waals surface area contributed by atoms with E-state index in [0.717, 1.165) is 50.4 Å². The highest BCUT2D eigenvalue weighted by molar-refractivity contribution is 5.87. The lowest BCUT2D eigenvalue weighted by atomic mass is 9.46. The molecule has 2 saturated heterocycles. The van der Waals surface area contributed by atoms with Crippen molar-refractivity contribution in [3.8, 4) is 5.75 Å². The van der Waals surface area contributed by atoms with Crippen LogP contribution < -0.4 is 4.74 Å². The molecule has 3 fully saturated rings. The van der Waals surface area contributed by atoms with Crippen molar-refractivity contribution in [2.75, 3.05) is 7.11 Å². The number of benzene rings is 1. The molecule has 0 unspecified atom stereocenters. The molecule has 1 saturated carbocycles. The summed E-state index contributed by atoms with van der Waals surface area (Å²) >= 11 is 0. The molecule has 2 aliphatic heterocycles. The number of esters is 2. The Kier molecular flexibility index (Phi) is 15.0. The van der Waals surface area contributed by atoms with Crippen molar-refractivity contribution >= 4 is 24.3 Å². The van der Waals surface area contributed by atoms with Gasteiger partial charge in [-0.3, -0.25) is 9.59 Å². The summed E-state index contributed by atoms with van der Waals surface area (Å²) in [7, 11) is 1.60. The van der Waals surface area contributed by atoms with Gasteiger partial charge in [-0.2, -0.15) is 0 Å². The molecule has 1 aromatic carbocycles. The zero-order valence-electron chi connectivity index (χ0n) is 34.1.